The standard InChI is InChI=1S/C23H26N2O5/c1-13-9-10-17-14(2)18(20-24-19(25-28-20)15-7-5-4-6-8-15)26-21-23(17)16(13)11-12-22(3,27-21)29-30-23/h4-8,13,16-17,21H,9-12H2,1-3H3/t13-,16+,17+,21-,22-,23-/m1/s1. The van der Waals surface area contributed by atoms with Gasteiger partial charge < -0.3 is 14.0 Å². The Labute approximate surface area is 175 Å². The highest BCUT2D eigenvalue weighted by molar-refractivity contribution is 5.61. The number of benzene rings is 1. The average Bonchev–Trinajstić information content (AvgIpc) is 3.13. The van der Waals surface area contributed by atoms with Crippen molar-refractivity contribution < 1.29 is 23.8 Å². The van der Waals surface area contributed by atoms with Crippen molar-refractivity contribution in [3.05, 3.63) is 41.8 Å². The van der Waals surface area contributed by atoms with Crippen molar-refractivity contribution in [3.8, 4) is 11.4 Å². The summed E-state index contributed by atoms with van der Waals surface area (Å²) in [5.74, 6) is 1.66. The molecule has 1 aromatic heterocycles. The summed E-state index contributed by atoms with van der Waals surface area (Å²) >= 11 is 0. The molecule has 30 heavy (non-hydrogen) atoms. The minimum absolute atomic E-state index is 0.113. The Morgan fingerprint density at radius 1 is 1.07 bits per heavy atom. The van der Waals surface area contributed by atoms with E-state index in [0.717, 1.165) is 36.8 Å². The Bertz CT molecular complexity index is 1000. The van der Waals surface area contributed by atoms with E-state index in [1.807, 2.05) is 37.3 Å². The van der Waals surface area contributed by atoms with Crippen molar-refractivity contribution >= 4 is 5.76 Å². The zero-order chi connectivity index (χ0) is 20.5. The first-order chi connectivity index (χ1) is 14.5. The Kier molecular flexibility index (Phi) is 3.95. The molecule has 0 unspecified atom stereocenters. The molecule has 158 valence electrons. The maximum Gasteiger partial charge on any atom is 0.293 e. The van der Waals surface area contributed by atoms with Crippen LogP contribution in [0.25, 0.3) is 17.1 Å². The van der Waals surface area contributed by atoms with Gasteiger partial charge in [0.15, 0.2) is 11.4 Å². The van der Waals surface area contributed by atoms with Crippen LogP contribution in [-0.2, 0) is 19.2 Å². The van der Waals surface area contributed by atoms with Gasteiger partial charge in [-0.1, -0.05) is 42.4 Å². The van der Waals surface area contributed by atoms with Crippen LogP contribution in [-0.4, -0.2) is 27.8 Å². The van der Waals surface area contributed by atoms with Gasteiger partial charge in [0.2, 0.25) is 17.9 Å². The average molecular weight is 410 g/mol. The van der Waals surface area contributed by atoms with Gasteiger partial charge in [-0.3, -0.25) is 0 Å². The normalized spacial score (nSPS) is 40.0. The molecule has 2 bridgehead atoms. The second kappa shape index (κ2) is 6.39. The molecule has 4 fully saturated rings. The van der Waals surface area contributed by atoms with E-state index in [0.29, 0.717) is 29.3 Å². The molecule has 0 radical (unpaired) electrons. The maximum atomic E-state index is 6.45. The SMILES string of the molecule is CC1=C(c2nc(-c3ccccc3)no2)O[C@@H]2O[C@@]3(C)CC[C@H]4[C@H](C)CC[C@@H]1[C@@]24OO3. The molecule has 1 spiro atoms. The first-order valence-electron chi connectivity index (χ1n) is 10.8. The van der Waals surface area contributed by atoms with Crippen molar-refractivity contribution in [2.45, 2.75) is 64.1 Å². The number of fused-ring (bicyclic) bond motifs is 2. The van der Waals surface area contributed by atoms with Crippen LogP contribution < -0.4 is 0 Å². The van der Waals surface area contributed by atoms with Crippen LogP contribution in [0.5, 0.6) is 0 Å². The summed E-state index contributed by atoms with van der Waals surface area (Å²) in [6, 6.07) is 9.78. The highest BCUT2D eigenvalue weighted by Crippen LogP contribution is 2.60. The summed E-state index contributed by atoms with van der Waals surface area (Å²) in [7, 11) is 0. The van der Waals surface area contributed by atoms with Crippen LogP contribution >= 0.6 is 0 Å². The number of ether oxygens (including phenoxy) is 2. The monoisotopic (exact) mass is 410 g/mol. The first-order valence-corrected chi connectivity index (χ1v) is 10.8. The number of aromatic nitrogens is 2. The van der Waals surface area contributed by atoms with Crippen molar-refractivity contribution in [2.24, 2.45) is 17.8 Å². The van der Waals surface area contributed by atoms with E-state index in [-0.39, 0.29) is 5.92 Å². The lowest BCUT2D eigenvalue weighted by Gasteiger charge is -2.56. The minimum Gasteiger partial charge on any atom is -0.456 e. The number of hydrogen-bond donors (Lipinski definition) is 0. The molecule has 1 aromatic carbocycles. The third-order valence-corrected chi connectivity index (χ3v) is 7.48. The molecule has 3 saturated heterocycles. The van der Waals surface area contributed by atoms with E-state index in [2.05, 4.69) is 24.0 Å². The lowest BCUT2D eigenvalue weighted by atomic mass is 9.59. The first kappa shape index (κ1) is 18.5. The highest BCUT2D eigenvalue weighted by Gasteiger charge is 2.68. The van der Waals surface area contributed by atoms with Crippen LogP contribution in [0.15, 0.2) is 40.4 Å². The number of rotatable bonds is 2. The van der Waals surface area contributed by atoms with E-state index < -0.39 is 17.7 Å². The van der Waals surface area contributed by atoms with Gasteiger partial charge in [-0.25, -0.2) is 9.78 Å². The molecule has 5 aliphatic rings. The van der Waals surface area contributed by atoms with E-state index in [4.69, 9.17) is 23.8 Å². The van der Waals surface area contributed by atoms with Gasteiger partial charge in [-0.05, 0) is 44.6 Å². The Balaban J connectivity index is 1.44. The molecule has 2 aromatic rings. The summed E-state index contributed by atoms with van der Waals surface area (Å²) in [6.45, 7) is 6.30. The summed E-state index contributed by atoms with van der Waals surface area (Å²) in [4.78, 5) is 16.6. The summed E-state index contributed by atoms with van der Waals surface area (Å²) in [6.07, 6.45) is 3.32. The van der Waals surface area contributed by atoms with Gasteiger partial charge in [0.05, 0.1) is 0 Å². The van der Waals surface area contributed by atoms with E-state index in [9.17, 15) is 0 Å². The van der Waals surface area contributed by atoms with Crippen molar-refractivity contribution in [2.75, 3.05) is 0 Å². The molecule has 6 atom stereocenters. The predicted molar refractivity (Wildman–Crippen MR) is 106 cm³/mol. The molecule has 4 aliphatic heterocycles. The molecule has 0 N–H and O–H groups in total. The summed E-state index contributed by atoms with van der Waals surface area (Å²) in [5.41, 5.74) is 1.33. The second-order valence-electron chi connectivity index (χ2n) is 9.28. The lowest BCUT2D eigenvalue weighted by molar-refractivity contribution is -0.553. The number of nitrogens with zero attached hydrogens (tertiary/aromatic N) is 2. The van der Waals surface area contributed by atoms with E-state index in [1.165, 1.54) is 0 Å². The molecular formula is C23H26N2O5. The van der Waals surface area contributed by atoms with E-state index >= 15 is 0 Å². The van der Waals surface area contributed by atoms with Gasteiger partial charge in [0.1, 0.15) is 0 Å². The highest BCUT2D eigenvalue weighted by atomic mass is 17.3. The third-order valence-electron chi connectivity index (χ3n) is 7.48. The van der Waals surface area contributed by atoms with Gasteiger partial charge in [0.25, 0.3) is 5.89 Å². The molecule has 7 heteroatoms. The molecule has 0 amide bonds. The fourth-order valence-corrected chi connectivity index (χ4v) is 5.85. The van der Waals surface area contributed by atoms with Crippen LogP contribution in [0.2, 0.25) is 0 Å². The Morgan fingerprint density at radius 2 is 1.90 bits per heavy atom. The molecule has 7 nitrogen and oxygen atoms in total. The molecule has 5 heterocycles. The van der Waals surface area contributed by atoms with Crippen molar-refractivity contribution in [3.63, 3.8) is 0 Å². The van der Waals surface area contributed by atoms with Gasteiger partial charge in [0, 0.05) is 23.8 Å². The van der Waals surface area contributed by atoms with Crippen molar-refractivity contribution in [1.82, 2.24) is 10.1 Å². The van der Waals surface area contributed by atoms with Gasteiger partial charge in [-0.15, -0.1) is 0 Å². The quantitative estimate of drug-likeness (QED) is 0.664. The summed E-state index contributed by atoms with van der Waals surface area (Å²) < 4.78 is 18.5. The minimum atomic E-state index is -0.808. The topological polar surface area (TPSA) is 75.8 Å². The maximum absolute atomic E-state index is 6.45. The number of hydrogen-bond acceptors (Lipinski definition) is 7. The van der Waals surface area contributed by atoms with Gasteiger partial charge >= 0.3 is 0 Å². The zero-order valence-corrected chi connectivity index (χ0v) is 17.5. The fraction of sp³-hybridized carbons (Fsp3) is 0.565. The Hall–Kier alpha value is -2.22. The smallest absolute Gasteiger partial charge is 0.293 e. The van der Waals surface area contributed by atoms with Crippen LogP contribution in [0.1, 0.15) is 52.3 Å². The van der Waals surface area contributed by atoms with Gasteiger partial charge in [-0.2, -0.15) is 4.98 Å². The molecular weight excluding hydrogens is 384 g/mol. The lowest BCUT2D eigenvalue weighted by Crippen LogP contribution is -2.66. The second-order valence-corrected chi connectivity index (χ2v) is 9.28. The largest absolute Gasteiger partial charge is 0.456 e. The third kappa shape index (κ3) is 2.49. The zero-order valence-electron chi connectivity index (χ0n) is 17.5. The molecule has 7 rings (SSSR count). The van der Waals surface area contributed by atoms with E-state index in [1.54, 1.807) is 0 Å². The van der Waals surface area contributed by atoms with Crippen LogP contribution in [0, 0.1) is 17.8 Å². The summed E-state index contributed by atoms with van der Waals surface area (Å²) in [5, 5.41) is 4.17. The predicted octanol–water partition coefficient (Wildman–Crippen LogP) is 4.71. The Morgan fingerprint density at radius 3 is 2.73 bits per heavy atom. The van der Waals surface area contributed by atoms with Crippen LogP contribution in [0.4, 0.5) is 0 Å². The van der Waals surface area contributed by atoms with Crippen molar-refractivity contribution in [1.29, 1.82) is 0 Å². The molecule has 1 saturated carbocycles. The fourth-order valence-electron chi connectivity index (χ4n) is 5.85. The van der Waals surface area contributed by atoms with Crippen LogP contribution in [0.3, 0.4) is 0 Å². The molecule has 1 aliphatic carbocycles.